The Hall–Kier alpha value is -0.820. The number of rotatable bonds is 3. The van der Waals surface area contributed by atoms with Gasteiger partial charge in [0.15, 0.2) is 0 Å². The van der Waals surface area contributed by atoms with Crippen LogP contribution in [0.5, 0.6) is 0 Å². The van der Waals surface area contributed by atoms with Gasteiger partial charge < -0.3 is 5.73 Å². The van der Waals surface area contributed by atoms with E-state index < -0.39 is 0 Å². The first kappa shape index (κ1) is 10.7. The van der Waals surface area contributed by atoms with Crippen molar-refractivity contribution in [3.8, 4) is 0 Å². The molecule has 0 heterocycles. The third-order valence-electron chi connectivity index (χ3n) is 3.39. The molecule has 0 aliphatic heterocycles. The number of hydrogen-bond acceptors (Lipinski definition) is 1. The highest BCUT2D eigenvalue weighted by Gasteiger charge is 2.23. The smallest absolute Gasteiger partial charge is 0.00972 e. The van der Waals surface area contributed by atoms with Gasteiger partial charge in [-0.05, 0) is 56.6 Å². The van der Waals surface area contributed by atoms with Gasteiger partial charge in [0.2, 0.25) is 0 Å². The van der Waals surface area contributed by atoms with E-state index in [1.807, 2.05) is 0 Å². The van der Waals surface area contributed by atoms with Gasteiger partial charge in [-0.25, -0.2) is 0 Å². The van der Waals surface area contributed by atoms with E-state index in [9.17, 15) is 0 Å². The Balaban J connectivity index is 2.02. The Morgan fingerprint density at radius 3 is 2.80 bits per heavy atom. The molecule has 1 aromatic carbocycles. The zero-order chi connectivity index (χ0) is 10.9. The standard InChI is InChI=1S/C14H21N/c1-14(2,15)10-9-12-8-7-11-5-3-4-6-13(11)12/h3-6,12H,7-10,15H2,1-2H3. The van der Waals surface area contributed by atoms with E-state index in [1.165, 1.54) is 19.3 Å². The highest BCUT2D eigenvalue weighted by atomic mass is 14.7. The van der Waals surface area contributed by atoms with E-state index >= 15 is 0 Å². The molecule has 1 nitrogen and oxygen atoms in total. The van der Waals surface area contributed by atoms with Crippen molar-refractivity contribution in [3.63, 3.8) is 0 Å². The Morgan fingerprint density at radius 2 is 2.07 bits per heavy atom. The molecule has 0 aromatic heterocycles. The molecule has 1 atom stereocenters. The van der Waals surface area contributed by atoms with Crippen molar-refractivity contribution >= 4 is 0 Å². The summed E-state index contributed by atoms with van der Waals surface area (Å²) in [6.07, 6.45) is 4.92. The molecule has 1 aromatic rings. The lowest BCUT2D eigenvalue weighted by Crippen LogP contribution is -2.31. The number of aryl methyl sites for hydroxylation is 1. The fourth-order valence-corrected chi connectivity index (χ4v) is 2.49. The second kappa shape index (κ2) is 3.97. The molecular weight excluding hydrogens is 182 g/mol. The van der Waals surface area contributed by atoms with Crippen LogP contribution in [-0.2, 0) is 6.42 Å². The summed E-state index contributed by atoms with van der Waals surface area (Å²) in [7, 11) is 0. The SMILES string of the molecule is CC(C)(N)CCC1CCc2ccccc21. The molecular formula is C14H21N. The van der Waals surface area contributed by atoms with Crippen molar-refractivity contribution in [2.75, 3.05) is 0 Å². The van der Waals surface area contributed by atoms with Crippen LogP contribution < -0.4 is 5.73 Å². The normalized spacial score (nSPS) is 20.3. The maximum absolute atomic E-state index is 6.03. The molecule has 1 unspecified atom stereocenters. The fraction of sp³-hybridized carbons (Fsp3) is 0.571. The largest absolute Gasteiger partial charge is 0.326 e. The van der Waals surface area contributed by atoms with Crippen LogP contribution in [0.2, 0.25) is 0 Å². The predicted molar refractivity (Wildman–Crippen MR) is 65.0 cm³/mol. The van der Waals surface area contributed by atoms with Gasteiger partial charge in [0.05, 0.1) is 0 Å². The van der Waals surface area contributed by atoms with E-state index in [-0.39, 0.29) is 5.54 Å². The van der Waals surface area contributed by atoms with E-state index in [4.69, 9.17) is 5.73 Å². The molecule has 0 saturated heterocycles. The minimum absolute atomic E-state index is 0.0163. The monoisotopic (exact) mass is 203 g/mol. The summed E-state index contributed by atoms with van der Waals surface area (Å²) < 4.78 is 0. The van der Waals surface area contributed by atoms with E-state index in [2.05, 4.69) is 38.1 Å². The number of nitrogens with two attached hydrogens (primary N) is 1. The molecule has 0 saturated carbocycles. The van der Waals surface area contributed by atoms with Gasteiger partial charge in [-0.2, -0.15) is 0 Å². The van der Waals surface area contributed by atoms with Crippen molar-refractivity contribution in [2.45, 2.75) is 51.0 Å². The number of fused-ring (bicyclic) bond motifs is 1. The highest BCUT2D eigenvalue weighted by molar-refractivity contribution is 5.34. The minimum Gasteiger partial charge on any atom is -0.326 e. The van der Waals surface area contributed by atoms with Crippen LogP contribution in [0.15, 0.2) is 24.3 Å². The lowest BCUT2D eigenvalue weighted by Gasteiger charge is -2.21. The van der Waals surface area contributed by atoms with Gasteiger partial charge in [0.25, 0.3) is 0 Å². The van der Waals surface area contributed by atoms with Gasteiger partial charge in [0.1, 0.15) is 0 Å². The third-order valence-corrected chi connectivity index (χ3v) is 3.39. The summed E-state index contributed by atoms with van der Waals surface area (Å²) in [6.45, 7) is 4.24. The van der Waals surface area contributed by atoms with E-state index in [0.717, 1.165) is 12.3 Å². The van der Waals surface area contributed by atoms with Crippen LogP contribution in [0.3, 0.4) is 0 Å². The van der Waals surface area contributed by atoms with Gasteiger partial charge in [-0.15, -0.1) is 0 Å². The molecule has 82 valence electrons. The van der Waals surface area contributed by atoms with Gasteiger partial charge in [-0.3, -0.25) is 0 Å². The topological polar surface area (TPSA) is 26.0 Å². The van der Waals surface area contributed by atoms with Crippen molar-refractivity contribution < 1.29 is 0 Å². The lowest BCUT2D eigenvalue weighted by atomic mass is 9.90. The summed E-state index contributed by atoms with van der Waals surface area (Å²) in [5.74, 6) is 0.754. The average Bonchev–Trinajstić information content (AvgIpc) is 2.57. The maximum atomic E-state index is 6.03. The summed E-state index contributed by atoms with van der Waals surface area (Å²) in [6, 6.07) is 8.86. The Labute approximate surface area is 92.7 Å². The quantitative estimate of drug-likeness (QED) is 0.802. The second-order valence-corrected chi connectivity index (χ2v) is 5.46. The van der Waals surface area contributed by atoms with Crippen LogP contribution in [0, 0.1) is 0 Å². The number of benzene rings is 1. The second-order valence-electron chi connectivity index (χ2n) is 5.46. The summed E-state index contributed by atoms with van der Waals surface area (Å²) in [4.78, 5) is 0. The maximum Gasteiger partial charge on any atom is 0.00972 e. The van der Waals surface area contributed by atoms with E-state index in [0.29, 0.717) is 0 Å². The van der Waals surface area contributed by atoms with Crippen molar-refractivity contribution in [1.82, 2.24) is 0 Å². The summed E-state index contributed by atoms with van der Waals surface area (Å²) in [5.41, 5.74) is 9.14. The molecule has 0 spiro atoms. The van der Waals surface area contributed by atoms with Crippen molar-refractivity contribution in [2.24, 2.45) is 5.73 Å². The van der Waals surface area contributed by atoms with Crippen molar-refractivity contribution in [3.05, 3.63) is 35.4 Å². The first-order valence-corrected chi connectivity index (χ1v) is 5.93. The van der Waals surface area contributed by atoms with Crippen LogP contribution in [-0.4, -0.2) is 5.54 Å². The summed E-state index contributed by atoms with van der Waals surface area (Å²) in [5, 5.41) is 0. The molecule has 1 aliphatic carbocycles. The van der Waals surface area contributed by atoms with Crippen LogP contribution in [0.25, 0.3) is 0 Å². The number of hydrogen-bond donors (Lipinski definition) is 1. The highest BCUT2D eigenvalue weighted by Crippen LogP contribution is 2.36. The predicted octanol–water partition coefficient (Wildman–Crippen LogP) is 3.23. The molecule has 2 N–H and O–H groups in total. The Morgan fingerprint density at radius 1 is 1.33 bits per heavy atom. The van der Waals surface area contributed by atoms with Crippen LogP contribution in [0.4, 0.5) is 0 Å². The fourth-order valence-electron chi connectivity index (χ4n) is 2.49. The molecule has 0 radical (unpaired) electrons. The molecule has 2 rings (SSSR count). The zero-order valence-corrected chi connectivity index (χ0v) is 9.79. The molecule has 15 heavy (non-hydrogen) atoms. The Bertz CT molecular complexity index is 335. The van der Waals surface area contributed by atoms with Gasteiger partial charge in [0, 0.05) is 5.54 Å². The molecule has 0 bridgehead atoms. The van der Waals surface area contributed by atoms with Gasteiger partial charge in [-0.1, -0.05) is 24.3 Å². The minimum atomic E-state index is -0.0163. The molecule has 0 amide bonds. The molecule has 1 aliphatic rings. The lowest BCUT2D eigenvalue weighted by molar-refractivity contribution is 0.429. The molecule has 0 fully saturated rings. The van der Waals surface area contributed by atoms with Crippen LogP contribution in [0.1, 0.15) is 50.2 Å². The van der Waals surface area contributed by atoms with E-state index in [1.54, 1.807) is 11.1 Å². The molecule has 1 heteroatoms. The first-order valence-electron chi connectivity index (χ1n) is 5.93. The summed E-state index contributed by atoms with van der Waals surface area (Å²) >= 11 is 0. The first-order chi connectivity index (χ1) is 7.06. The van der Waals surface area contributed by atoms with Crippen LogP contribution >= 0.6 is 0 Å². The average molecular weight is 203 g/mol. The van der Waals surface area contributed by atoms with Crippen molar-refractivity contribution in [1.29, 1.82) is 0 Å². The Kier molecular flexibility index (Phi) is 2.83. The zero-order valence-electron chi connectivity index (χ0n) is 9.79. The van der Waals surface area contributed by atoms with Gasteiger partial charge >= 0.3 is 0 Å². The third kappa shape index (κ3) is 2.60.